The third kappa shape index (κ3) is 3.42. The summed E-state index contributed by atoms with van der Waals surface area (Å²) in [5, 5.41) is 6.66. The maximum Gasteiger partial charge on any atom is 0.251 e. The van der Waals surface area contributed by atoms with E-state index in [2.05, 4.69) is 33.8 Å². The molecule has 1 aromatic heterocycles. The Bertz CT molecular complexity index is 976. The van der Waals surface area contributed by atoms with Crippen LogP contribution in [0.25, 0.3) is 11.0 Å². The summed E-state index contributed by atoms with van der Waals surface area (Å²) >= 11 is 0. The summed E-state index contributed by atoms with van der Waals surface area (Å²) in [6, 6.07) is 14.5. The summed E-state index contributed by atoms with van der Waals surface area (Å²) in [5.74, 6) is 1.47. The minimum Gasteiger partial charge on any atom is -0.349 e. The van der Waals surface area contributed by atoms with Crippen molar-refractivity contribution in [2.45, 2.75) is 50.6 Å². The molecule has 1 amide bonds. The average Bonchev–Trinajstić information content (AvgIpc) is 3.18. The van der Waals surface area contributed by atoms with Crippen LogP contribution in [0.5, 0.6) is 0 Å². The van der Waals surface area contributed by atoms with E-state index in [4.69, 9.17) is 4.98 Å². The van der Waals surface area contributed by atoms with E-state index in [1.54, 1.807) is 0 Å². The molecule has 28 heavy (non-hydrogen) atoms. The van der Waals surface area contributed by atoms with Crippen LogP contribution in [0.15, 0.2) is 42.5 Å². The lowest BCUT2D eigenvalue weighted by Gasteiger charge is -2.29. The molecule has 0 spiro atoms. The molecule has 1 aliphatic heterocycles. The molecule has 3 aromatic rings. The topological polar surface area (TPSA) is 69.8 Å². The summed E-state index contributed by atoms with van der Waals surface area (Å²) in [5.41, 5.74) is 5.49. The number of H-pyrrole nitrogens is 1. The molecule has 1 saturated carbocycles. The van der Waals surface area contributed by atoms with Gasteiger partial charge in [0.1, 0.15) is 5.82 Å². The number of para-hydroxylation sites is 2. The molecular weight excluding hydrogens is 348 g/mol. The Hall–Kier alpha value is -2.66. The first-order chi connectivity index (χ1) is 13.8. The van der Waals surface area contributed by atoms with E-state index in [0.29, 0.717) is 5.92 Å². The SMILES string of the molecule is O=C(N[C@@H]1CCC[C@H](c2nc3ccccc3[nH]2)C1)c1ccc2c(c1)CNCC2. The molecular formula is C23H26N4O. The minimum absolute atomic E-state index is 0.0450. The normalized spacial score (nSPS) is 22.0. The molecule has 5 rings (SSSR count). The fourth-order valence-electron chi connectivity index (χ4n) is 4.63. The zero-order chi connectivity index (χ0) is 18.9. The standard InChI is InChI=1S/C23H26N4O/c28-23(17-9-8-15-10-11-24-14-18(15)12-17)25-19-5-3-4-16(13-19)22-26-20-6-1-2-7-21(20)27-22/h1-2,6-9,12,16,19,24H,3-5,10-11,13-14H2,(H,25,28)(H,26,27)/t16-,19+/m0/s1. The van der Waals surface area contributed by atoms with Crippen LogP contribution < -0.4 is 10.6 Å². The van der Waals surface area contributed by atoms with Gasteiger partial charge in [-0.3, -0.25) is 4.79 Å². The van der Waals surface area contributed by atoms with E-state index in [9.17, 15) is 4.79 Å². The van der Waals surface area contributed by atoms with Crippen molar-refractivity contribution in [3.63, 3.8) is 0 Å². The van der Waals surface area contributed by atoms with E-state index < -0.39 is 0 Å². The van der Waals surface area contributed by atoms with Crippen LogP contribution in [0, 0.1) is 0 Å². The van der Waals surface area contributed by atoms with Crippen LogP contribution >= 0.6 is 0 Å². The van der Waals surface area contributed by atoms with Crippen LogP contribution in [0.2, 0.25) is 0 Å². The first kappa shape index (κ1) is 17.4. The fraction of sp³-hybridized carbons (Fsp3) is 0.391. The highest BCUT2D eigenvalue weighted by molar-refractivity contribution is 5.94. The number of rotatable bonds is 3. The van der Waals surface area contributed by atoms with Crippen molar-refractivity contribution in [3.8, 4) is 0 Å². The Morgan fingerprint density at radius 1 is 1.11 bits per heavy atom. The summed E-state index contributed by atoms with van der Waals surface area (Å²) in [6.07, 6.45) is 5.25. The van der Waals surface area contributed by atoms with Crippen molar-refractivity contribution < 1.29 is 4.79 Å². The third-order valence-corrected chi connectivity index (χ3v) is 6.16. The van der Waals surface area contributed by atoms with Gasteiger partial charge in [0.25, 0.3) is 5.91 Å². The minimum atomic E-state index is 0.0450. The van der Waals surface area contributed by atoms with Crippen molar-refractivity contribution in [2.75, 3.05) is 6.54 Å². The average molecular weight is 374 g/mol. The highest BCUT2D eigenvalue weighted by Gasteiger charge is 2.27. The van der Waals surface area contributed by atoms with Gasteiger partial charge in [-0.2, -0.15) is 0 Å². The monoisotopic (exact) mass is 374 g/mol. The zero-order valence-electron chi connectivity index (χ0n) is 16.0. The number of amides is 1. The van der Waals surface area contributed by atoms with Crippen LogP contribution in [-0.4, -0.2) is 28.5 Å². The molecule has 1 aliphatic carbocycles. The van der Waals surface area contributed by atoms with Gasteiger partial charge in [-0.15, -0.1) is 0 Å². The maximum atomic E-state index is 12.8. The first-order valence-corrected chi connectivity index (χ1v) is 10.3. The van der Waals surface area contributed by atoms with Crippen molar-refractivity contribution >= 4 is 16.9 Å². The number of fused-ring (bicyclic) bond motifs is 2. The highest BCUT2D eigenvalue weighted by Crippen LogP contribution is 2.32. The molecule has 2 aliphatic rings. The van der Waals surface area contributed by atoms with Gasteiger partial charge in [0.05, 0.1) is 11.0 Å². The number of imidazole rings is 1. The van der Waals surface area contributed by atoms with Gasteiger partial charge in [-0.25, -0.2) is 4.98 Å². The Balaban J connectivity index is 1.28. The van der Waals surface area contributed by atoms with Gasteiger partial charge in [0, 0.05) is 24.1 Å². The second-order valence-corrected chi connectivity index (χ2v) is 8.08. The lowest BCUT2D eigenvalue weighted by atomic mass is 9.85. The Morgan fingerprint density at radius 2 is 2.04 bits per heavy atom. The molecule has 0 bridgehead atoms. The highest BCUT2D eigenvalue weighted by atomic mass is 16.1. The lowest BCUT2D eigenvalue weighted by molar-refractivity contribution is 0.0924. The van der Waals surface area contributed by atoms with E-state index in [1.807, 2.05) is 24.3 Å². The summed E-state index contributed by atoms with van der Waals surface area (Å²) < 4.78 is 0. The van der Waals surface area contributed by atoms with Crippen molar-refractivity contribution in [1.82, 2.24) is 20.6 Å². The van der Waals surface area contributed by atoms with Crippen molar-refractivity contribution in [2.24, 2.45) is 0 Å². The molecule has 3 N–H and O–H groups in total. The number of aromatic nitrogens is 2. The molecule has 2 aromatic carbocycles. The quantitative estimate of drug-likeness (QED) is 0.655. The van der Waals surface area contributed by atoms with E-state index in [1.165, 1.54) is 11.1 Å². The number of benzene rings is 2. The number of hydrogen-bond acceptors (Lipinski definition) is 3. The van der Waals surface area contributed by atoms with Gasteiger partial charge in [0.15, 0.2) is 0 Å². The Morgan fingerprint density at radius 3 is 2.96 bits per heavy atom. The van der Waals surface area contributed by atoms with Gasteiger partial charge in [0.2, 0.25) is 0 Å². The molecule has 144 valence electrons. The van der Waals surface area contributed by atoms with Gasteiger partial charge in [-0.05, 0) is 67.6 Å². The molecule has 5 nitrogen and oxygen atoms in total. The second-order valence-electron chi connectivity index (χ2n) is 8.08. The van der Waals surface area contributed by atoms with Crippen LogP contribution in [-0.2, 0) is 13.0 Å². The second kappa shape index (κ2) is 7.40. The summed E-state index contributed by atoms with van der Waals surface area (Å²) in [4.78, 5) is 21.1. The summed E-state index contributed by atoms with van der Waals surface area (Å²) in [6.45, 7) is 1.87. The molecule has 5 heteroatoms. The molecule has 0 radical (unpaired) electrons. The Kier molecular flexibility index (Phi) is 4.61. The van der Waals surface area contributed by atoms with Gasteiger partial charge in [-0.1, -0.05) is 24.6 Å². The van der Waals surface area contributed by atoms with Crippen LogP contribution in [0.4, 0.5) is 0 Å². The van der Waals surface area contributed by atoms with E-state index >= 15 is 0 Å². The largest absolute Gasteiger partial charge is 0.349 e. The number of hydrogen-bond donors (Lipinski definition) is 3. The number of nitrogens with zero attached hydrogens (tertiary/aromatic N) is 1. The van der Waals surface area contributed by atoms with Gasteiger partial charge >= 0.3 is 0 Å². The lowest BCUT2D eigenvalue weighted by Crippen LogP contribution is -2.38. The predicted molar refractivity (Wildman–Crippen MR) is 110 cm³/mol. The number of nitrogens with one attached hydrogen (secondary N) is 3. The van der Waals surface area contributed by atoms with Gasteiger partial charge < -0.3 is 15.6 Å². The first-order valence-electron chi connectivity index (χ1n) is 10.3. The van der Waals surface area contributed by atoms with Crippen molar-refractivity contribution in [1.29, 1.82) is 0 Å². The number of aromatic amines is 1. The predicted octanol–water partition coefficient (Wildman–Crippen LogP) is 3.66. The third-order valence-electron chi connectivity index (χ3n) is 6.16. The van der Waals surface area contributed by atoms with E-state index in [0.717, 1.165) is 67.6 Å². The Labute approximate surface area is 164 Å². The number of carbonyl (C=O) groups excluding carboxylic acids is 1. The molecule has 2 heterocycles. The smallest absolute Gasteiger partial charge is 0.251 e. The van der Waals surface area contributed by atoms with Crippen LogP contribution in [0.1, 0.15) is 58.9 Å². The summed E-state index contributed by atoms with van der Waals surface area (Å²) in [7, 11) is 0. The van der Waals surface area contributed by atoms with E-state index in [-0.39, 0.29) is 11.9 Å². The molecule has 1 fully saturated rings. The fourth-order valence-corrected chi connectivity index (χ4v) is 4.63. The molecule has 2 atom stereocenters. The number of carbonyl (C=O) groups is 1. The molecule has 0 unspecified atom stereocenters. The maximum absolute atomic E-state index is 12.8. The van der Waals surface area contributed by atoms with Crippen LogP contribution in [0.3, 0.4) is 0 Å². The zero-order valence-corrected chi connectivity index (χ0v) is 16.0. The van der Waals surface area contributed by atoms with Crippen molar-refractivity contribution in [3.05, 3.63) is 65.0 Å². The molecule has 0 saturated heterocycles.